The van der Waals surface area contributed by atoms with E-state index in [2.05, 4.69) is 25.6 Å². The maximum absolute atomic E-state index is 5.97. The van der Waals surface area contributed by atoms with Crippen LogP contribution >= 0.6 is 11.6 Å². The molecule has 2 heterocycles. The molecule has 110 valence electrons. The first-order valence-corrected chi connectivity index (χ1v) is 7.16. The molecule has 0 aliphatic heterocycles. The Morgan fingerprint density at radius 2 is 1.82 bits per heavy atom. The summed E-state index contributed by atoms with van der Waals surface area (Å²) in [6.45, 7) is 0.606. The third-order valence-corrected chi connectivity index (χ3v) is 3.18. The van der Waals surface area contributed by atoms with Crippen LogP contribution in [0, 0.1) is 0 Å². The number of hydrogen-bond donors (Lipinski definition) is 2. The fourth-order valence-corrected chi connectivity index (χ4v) is 2.11. The monoisotopic (exact) mass is 311 g/mol. The van der Waals surface area contributed by atoms with E-state index in [-0.39, 0.29) is 0 Å². The lowest BCUT2D eigenvalue weighted by molar-refractivity contribution is 1.02. The maximum Gasteiger partial charge on any atom is 0.135 e. The highest BCUT2D eigenvalue weighted by Gasteiger charge is 2.01. The van der Waals surface area contributed by atoms with E-state index in [0.717, 1.165) is 17.2 Å². The van der Waals surface area contributed by atoms with E-state index in [9.17, 15) is 0 Å². The van der Waals surface area contributed by atoms with Gasteiger partial charge in [0.05, 0.1) is 12.2 Å². The molecule has 0 spiro atoms. The first kappa shape index (κ1) is 14.3. The summed E-state index contributed by atoms with van der Waals surface area (Å²) in [5.74, 6) is 1.42. The van der Waals surface area contributed by atoms with Crippen LogP contribution in [0.15, 0.2) is 61.1 Å². The number of rotatable bonds is 5. The predicted octanol–water partition coefficient (Wildman–Crippen LogP) is 3.88. The molecule has 3 aromatic rings. The van der Waals surface area contributed by atoms with E-state index in [4.69, 9.17) is 11.6 Å². The molecule has 3 rings (SSSR count). The number of benzene rings is 1. The minimum absolute atomic E-state index is 0.606. The average molecular weight is 312 g/mol. The summed E-state index contributed by atoms with van der Waals surface area (Å²) in [5.41, 5.74) is 1.83. The van der Waals surface area contributed by atoms with Crippen molar-refractivity contribution < 1.29 is 0 Å². The molecule has 2 aromatic heterocycles. The van der Waals surface area contributed by atoms with Gasteiger partial charge < -0.3 is 10.6 Å². The maximum atomic E-state index is 5.97. The molecule has 22 heavy (non-hydrogen) atoms. The van der Waals surface area contributed by atoms with Crippen LogP contribution in [-0.4, -0.2) is 15.0 Å². The van der Waals surface area contributed by atoms with Gasteiger partial charge in [0, 0.05) is 23.0 Å². The second-order valence-electron chi connectivity index (χ2n) is 4.60. The molecule has 0 fully saturated rings. The smallest absolute Gasteiger partial charge is 0.135 e. The predicted molar refractivity (Wildman–Crippen MR) is 88.3 cm³/mol. The van der Waals surface area contributed by atoms with Crippen LogP contribution in [0.3, 0.4) is 0 Å². The number of hydrogen-bond acceptors (Lipinski definition) is 5. The molecule has 0 saturated carbocycles. The van der Waals surface area contributed by atoms with Crippen LogP contribution in [0.2, 0.25) is 5.02 Å². The van der Waals surface area contributed by atoms with Gasteiger partial charge >= 0.3 is 0 Å². The Morgan fingerprint density at radius 1 is 0.909 bits per heavy atom. The Hall–Kier alpha value is -2.66. The lowest BCUT2D eigenvalue weighted by Gasteiger charge is -2.08. The number of aromatic nitrogens is 3. The fourth-order valence-electron chi connectivity index (χ4n) is 1.92. The molecule has 0 unspecified atom stereocenters. The van der Waals surface area contributed by atoms with Crippen molar-refractivity contribution in [2.75, 3.05) is 10.6 Å². The van der Waals surface area contributed by atoms with E-state index in [1.165, 1.54) is 6.33 Å². The zero-order valence-corrected chi connectivity index (χ0v) is 12.5. The summed E-state index contributed by atoms with van der Waals surface area (Å²) in [4.78, 5) is 12.7. The highest BCUT2D eigenvalue weighted by molar-refractivity contribution is 6.30. The molecule has 0 aliphatic carbocycles. The van der Waals surface area contributed by atoms with Gasteiger partial charge in [-0.2, -0.15) is 0 Å². The van der Waals surface area contributed by atoms with Gasteiger partial charge in [0.15, 0.2) is 0 Å². The van der Waals surface area contributed by atoms with Crippen molar-refractivity contribution in [1.29, 1.82) is 0 Å². The van der Waals surface area contributed by atoms with E-state index in [1.807, 2.05) is 48.5 Å². The van der Waals surface area contributed by atoms with Crippen molar-refractivity contribution in [1.82, 2.24) is 15.0 Å². The van der Waals surface area contributed by atoms with Crippen LogP contribution in [0.25, 0.3) is 0 Å². The van der Waals surface area contributed by atoms with Gasteiger partial charge in [-0.25, -0.2) is 9.97 Å². The highest BCUT2D eigenvalue weighted by Crippen LogP contribution is 2.19. The van der Waals surface area contributed by atoms with Gasteiger partial charge in [-0.15, -0.1) is 0 Å². The Balaban J connectivity index is 1.67. The fraction of sp³-hybridized carbons (Fsp3) is 0.0625. The number of nitrogens with zero attached hydrogens (tertiary/aromatic N) is 3. The zero-order valence-electron chi connectivity index (χ0n) is 11.7. The SMILES string of the molecule is Clc1cccc(Nc2cc(NCc3ccccn3)ncn2)c1. The summed E-state index contributed by atoms with van der Waals surface area (Å²) < 4.78 is 0. The molecule has 2 N–H and O–H groups in total. The highest BCUT2D eigenvalue weighted by atomic mass is 35.5. The summed E-state index contributed by atoms with van der Waals surface area (Å²) >= 11 is 5.97. The van der Waals surface area contributed by atoms with Crippen molar-refractivity contribution in [2.45, 2.75) is 6.54 Å². The quantitative estimate of drug-likeness (QED) is 0.748. The molecule has 0 radical (unpaired) electrons. The Bertz CT molecular complexity index is 748. The van der Waals surface area contributed by atoms with Crippen molar-refractivity contribution in [3.05, 3.63) is 71.8 Å². The molecule has 0 atom stereocenters. The molecule has 0 saturated heterocycles. The van der Waals surface area contributed by atoms with Crippen LogP contribution in [-0.2, 0) is 6.54 Å². The Morgan fingerprint density at radius 3 is 2.64 bits per heavy atom. The normalized spacial score (nSPS) is 10.2. The summed E-state index contributed by atoms with van der Waals surface area (Å²) in [5, 5.41) is 7.08. The van der Waals surface area contributed by atoms with Crippen LogP contribution in [0.5, 0.6) is 0 Å². The van der Waals surface area contributed by atoms with Gasteiger partial charge in [-0.1, -0.05) is 23.7 Å². The third kappa shape index (κ3) is 3.93. The average Bonchev–Trinajstić information content (AvgIpc) is 2.54. The third-order valence-electron chi connectivity index (χ3n) is 2.94. The minimum Gasteiger partial charge on any atom is -0.364 e. The van der Waals surface area contributed by atoms with Crippen LogP contribution in [0.4, 0.5) is 17.3 Å². The second-order valence-corrected chi connectivity index (χ2v) is 5.03. The van der Waals surface area contributed by atoms with Gasteiger partial charge in [-0.05, 0) is 30.3 Å². The summed E-state index contributed by atoms with van der Waals surface area (Å²) in [7, 11) is 0. The minimum atomic E-state index is 0.606. The van der Waals surface area contributed by atoms with Crippen molar-refractivity contribution in [3.63, 3.8) is 0 Å². The molecule has 6 heteroatoms. The lowest BCUT2D eigenvalue weighted by atomic mass is 10.3. The number of halogens is 1. The molecule has 0 amide bonds. The van der Waals surface area contributed by atoms with Crippen LogP contribution < -0.4 is 10.6 Å². The first-order chi connectivity index (χ1) is 10.8. The van der Waals surface area contributed by atoms with E-state index in [0.29, 0.717) is 17.4 Å². The van der Waals surface area contributed by atoms with Gasteiger partial charge in [0.2, 0.25) is 0 Å². The Kier molecular flexibility index (Phi) is 4.46. The molecule has 1 aromatic carbocycles. The molecule has 0 aliphatic rings. The van der Waals surface area contributed by atoms with Crippen molar-refractivity contribution in [3.8, 4) is 0 Å². The molecule has 5 nitrogen and oxygen atoms in total. The van der Waals surface area contributed by atoms with Crippen molar-refractivity contribution in [2.24, 2.45) is 0 Å². The standard InChI is InChI=1S/C16H14ClN5/c17-12-4-3-6-13(8-12)22-16-9-15(20-11-21-16)19-10-14-5-1-2-7-18-14/h1-9,11H,10H2,(H2,19,20,21,22). The van der Waals surface area contributed by atoms with Crippen LogP contribution in [0.1, 0.15) is 5.69 Å². The molecule has 0 bridgehead atoms. The van der Waals surface area contributed by atoms with E-state index in [1.54, 1.807) is 6.20 Å². The van der Waals surface area contributed by atoms with Crippen molar-refractivity contribution >= 4 is 28.9 Å². The number of anilines is 3. The zero-order chi connectivity index (χ0) is 15.2. The summed E-state index contributed by atoms with van der Waals surface area (Å²) in [6.07, 6.45) is 3.27. The van der Waals surface area contributed by atoms with Gasteiger partial charge in [0.25, 0.3) is 0 Å². The first-order valence-electron chi connectivity index (χ1n) is 6.78. The largest absolute Gasteiger partial charge is 0.364 e. The van der Waals surface area contributed by atoms with Gasteiger partial charge in [0.1, 0.15) is 18.0 Å². The molecular weight excluding hydrogens is 298 g/mol. The number of nitrogens with one attached hydrogen (secondary N) is 2. The van der Waals surface area contributed by atoms with Gasteiger partial charge in [-0.3, -0.25) is 4.98 Å². The van der Waals surface area contributed by atoms with E-state index < -0.39 is 0 Å². The molecular formula is C16H14ClN5. The second kappa shape index (κ2) is 6.87. The van der Waals surface area contributed by atoms with E-state index >= 15 is 0 Å². The summed E-state index contributed by atoms with van der Waals surface area (Å²) in [6, 6.07) is 15.1. The number of pyridine rings is 1. The Labute approximate surface area is 133 Å². The lowest BCUT2D eigenvalue weighted by Crippen LogP contribution is -2.04. The topological polar surface area (TPSA) is 62.7 Å².